The molecule has 0 radical (unpaired) electrons. The van der Waals surface area contributed by atoms with Crippen molar-refractivity contribution in [2.24, 2.45) is 16.4 Å². The molecule has 0 aromatic carbocycles. The van der Waals surface area contributed by atoms with Gasteiger partial charge in [0, 0.05) is 30.1 Å². The van der Waals surface area contributed by atoms with Crippen molar-refractivity contribution in [2.45, 2.75) is 20.3 Å². The number of hydrogen-bond acceptors (Lipinski definition) is 3. The van der Waals surface area contributed by atoms with Crippen LogP contribution in [0, 0.1) is 11.3 Å². The highest BCUT2D eigenvalue weighted by Gasteiger charge is 2.32. The number of rotatable bonds is 2. The van der Waals surface area contributed by atoms with Gasteiger partial charge in [-0.1, -0.05) is 19.0 Å². The summed E-state index contributed by atoms with van der Waals surface area (Å²) in [6, 6.07) is 0. The molecule has 2 aliphatic rings. The van der Waals surface area contributed by atoms with Crippen LogP contribution >= 0.6 is 0 Å². The molecule has 15 heavy (non-hydrogen) atoms. The monoisotopic (exact) mass is 213 g/mol. The van der Waals surface area contributed by atoms with Crippen LogP contribution in [0.2, 0.25) is 0 Å². The van der Waals surface area contributed by atoms with Crippen molar-refractivity contribution in [3.63, 3.8) is 0 Å². The van der Waals surface area contributed by atoms with E-state index in [1.165, 1.54) is 6.42 Å². The molecule has 0 aliphatic carbocycles. The summed E-state index contributed by atoms with van der Waals surface area (Å²) < 4.78 is 10.0. The van der Waals surface area contributed by atoms with Crippen LogP contribution in [-0.4, -0.2) is 33.0 Å². The Balaban J connectivity index is 0.000000162. The van der Waals surface area contributed by atoms with E-state index in [0.717, 1.165) is 32.3 Å². The fraction of sp³-hybridized carbons (Fsp3) is 1.00. The van der Waals surface area contributed by atoms with E-state index >= 15 is 0 Å². The Morgan fingerprint density at radius 3 is 2.47 bits per heavy atom. The second-order valence-corrected chi connectivity index (χ2v) is 4.66. The normalized spacial score (nSPS) is 26.9. The van der Waals surface area contributed by atoms with E-state index in [4.69, 9.17) is 15.0 Å². The molecule has 2 fully saturated rings. The Hall–Kier alpha value is -0.770. The maximum atomic E-state index is 7.97. The van der Waals surface area contributed by atoms with Crippen LogP contribution in [0.5, 0.6) is 0 Å². The smallest absolute Gasteiger partial charge is 0.0543 e. The van der Waals surface area contributed by atoms with Gasteiger partial charge < -0.3 is 9.47 Å². The van der Waals surface area contributed by atoms with E-state index in [0.29, 0.717) is 6.54 Å². The molecule has 0 spiro atoms. The van der Waals surface area contributed by atoms with E-state index in [1.54, 1.807) is 0 Å². The van der Waals surface area contributed by atoms with Crippen LogP contribution in [0.3, 0.4) is 0 Å². The first-order chi connectivity index (χ1) is 7.16. The van der Waals surface area contributed by atoms with Crippen molar-refractivity contribution in [3.8, 4) is 0 Å². The molecule has 86 valence electrons. The summed E-state index contributed by atoms with van der Waals surface area (Å²) >= 11 is 0. The molecule has 2 rings (SSSR count). The summed E-state index contributed by atoms with van der Waals surface area (Å²) in [5, 5.41) is 3.47. The van der Waals surface area contributed by atoms with Gasteiger partial charge in [-0.3, -0.25) is 0 Å². The standard InChI is InChI=1S/C5H9N3O.C5H10O/c1-5(2-7-8-6)3-9-4-5;1-5-2-3-6-4-5/h2-4H2,1H3;5H,2-4H2,1H3. The van der Waals surface area contributed by atoms with E-state index in [9.17, 15) is 0 Å². The molecule has 0 bridgehead atoms. The second kappa shape index (κ2) is 5.95. The highest BCUT2D eigenvalue weighted by molar-refractivity contribution is 4.82. The van der Waals surface area contributed by atoms with Gasteiger partial charge in [0.2, 0.25) is 0 Å². The Kier molecular flexibility index (Phi) is 4.88. The highest BCUT2D eigenvalue weighted by Crippen LogP contribution is 2.26. The van der Waals surface area contributed by atoms with Crippen molar-refractivity contribution >= 4 is 0 Å². The lowest BCUT2D eigenvalue weighted by atomic mass is 9.89. The molecule has 1 unspecified atom stereocenters. The first-order valence-corrected chi connectivity index (χ1v) is 5.33. The van der Waals surface area contributed by atoms with Crippen LogP contribution < -0.4 is 0 Å². The van der Waals surface area contributed by atoms with E-state index in [-0.39, 0.29) is 5.41 Å². The third-order valence-corrected chi connectivity index (χ3v) is 2.57. The Morgan fingerprint density at radius 2 is 2.20 bits per heavy atom. The molecule has 0 aromatic rings. The first kappa shape index (κ1) is 12.3. The second-order valence-electron chi connectivity index (χ2n) is 4.66. The Morgan fingerprint density at radius 1 is 1.47 bits per heavy atom. The zero-order valence-corrected chi connectivity index (χ0v) is 9.48. The minimum Gasteiger partial charge on any atom is -0.381 e. The molecule has 0 N–H and O–H groups in total. The Bertz CT molecular complexity index is 229. The average Bonchev–Trinajstić information content (AvgIpc) is 2.64. The van der Waals surface area contributed by atoms with Gasteiger partial charge in [-0.2, -0.15) is 0 Å². The lowest BCUT2D eigenvalue weighted by Gasteiger charge is -2.36. The quantitative estimate of drug-likeness (QED) is 0.401. The number of nitrogens with zero attached hydrogens (tertiary/aromatic N) is 3. The van der Waals surface area contributed by atoms with Gasteiger partial charge >= 0.3 is 0 Å². The molecule has 2 saturated heterocycles. The predicted molar refractivity (Wildman–Crippen MR) is 57.5 cm³/mol. The fourth-order valence-corrected chi connectivity index (χ4v) is 1.40. The van der Waals surface area contributed by atoms with Gasteiger partial charge in [0.25, 0.3) is 0 Å². The van der Waals surface area contributed by atoms with Crippen LogP contribution in [0.15, 0.2) is 5.11 Å². The van der Waals surface area contributed by atoms with E-state index in [1.807, 2.05) is 6.92 Å². The first-order valence-electron chi connectivity index (χ1n) is 5.33. The van der Waals surface area contributed by atoms with Crippen LogP contribution in [-0.2, 0) is 9.47 Å². The largest absolute Gasteiger partial charge is 0.381 e. The number of azide groups is 1. The Labute approximate surface area is 90.4 Å². The van der Waals surface area contributed by atoms with Crippen molar-refractivity contribution < 1.29 is 9.47 Å². The van der Waals surface area contributed by atoms with Crippen molar-refractivity contribution in [1.29, 1.82) is 0 Å². The lowest BCUT2D eigenvalue weighted by Crippen LogP contribution is -2.42. The van der Waals surface area contributed by atoms with Gasteiger partial charge in [0.15, 0.2) is 0 Å². The van der Waals surface area contributed by atoms with Crippen LogP contribution in [0.4, 0.5) is 0 Å². The summed E-state index contributed by atoms with van der Waals surface area (Å²) in [6.07, 6.45) is 1.26. The van der Waals surface area contributed by atoms with Crippen molar-refractivity contribution in [2.75, 3.05) is 33.0 Å². The molecule has 0 aromatic heterocycles. The van der Waals surface area contributed by atoms with Crippen molar-refractivity contribution in [1.82, 2.24) is 0 Å². The summed E-state index contributed by atoms with van der Waals surface area (Å²) in [6.45, 7) is 8.25. The van der Waals surface area contributed by atoms with Crippen LogP contribution in [0.25, 0.3) is 10.4 Å². The zero-order valence-electron chi connectivity index (χ0n) is 9.48. The molecule has 1 atom stereocenters. The molecule has 0 saturated carbocycles. The molecule has 5 nitrogen and oxygen atoms in total. The summed E-state index contributed by atoms with van der Waals surface area (Å²) in [5.74, 6) is 0.824. The maximum Gasteiger partial charge on any atom is 0.0543 e. The molecule has 5 heteroatoms. The van der Waals surface area contributed by atoms with E-state index in [2.05, 4.69) is 16.9 Å². The third-order valence-electron chi connectivity index (χ3n) is 2.57. The number of hydrogen-bond donors (Lipinski definition) is 0. The molecule has 2 aliphatic heterocycles. The average molecular weight is 213 g/mol. The maximum absolute atomic E-state index is 7.97. The van der Waals surface area contributed by atoms with Gasteiger partial charge in [-0.25, -0.2) is 0 Å². The lowest BCUT2D eigenvalue weighted by molar-refractivity contribution is -0.0946. The van der Waals surface area contributed by atoms with Crippen LogP contribution in [0.1, 0.15) is 20.3 Å². The summed E-state index contributed by atoms with van der Waals surface area (Å²) in [4.78, 5) is 2.67. The van der Waals surface area contributed by atoms with Gasteiger partial charge in [-0.15, -0.1) is 0 Å². The van der Waals surface area contributed by atoms with E-state index < -0.39 is 0 Å². The molecular formula is C10H19N3O2. The minimum absolute atomic E-state index is 0.131. The zero-order chi connectivity index (χ0) is 11.1. The SMILES string of the molecule is CC1(CN=[N+]=[N-])COC1.CC1CCOC1. The van der Waals surface area contributed by atoms with Gasteiger partial charge in [0.1, 0.15) is 0 Å². The molecular weight excluding hydrogens is 194 g/mol. The van der Waals surface area contributed by atoms with Gasteiger partial charge in [-0.05, 0) is 17.9 Å². The molecule has 2 heterocycles. The minimum atomic E-state index is 0.131. The number of ether oxygens (including phenoxy) is 2. The predicted octanol–water partition coefficient (Wildman–Crippen LogP) is 2.38. The highest BCUT2D eigenvalue weighted by atomic mass is 16.5. The van der Waals surface area contributed by atoms with Gasteiger partial charge in [0.05, 0.1) is 13.2 Å². The molecule has 0 amide bonds. The van der Waals surface area contributed by atoms with Crippen molar-refractivity contribution in [3.05, 3.63) is 10.4 Å². The summed E-state index contributed by atoms with van der Waals surface area (Å²) in [5.41, 5.74) is 8.10. The fourth-order valence-electron chi connectivity index (χ4n) is 1.40. The topological polar surface area (TPSA) is 67.2 Å². The summed E-state index contributed by atoms with van der Waals surface area (Å²) in [7, 11) is 0. The third kappa shape index (κ3) is 4.51.